The second-order valence-corrected chi connectivity index (χ2v) is 6.29. The molecule has 4 heteroatoms. The van der Waals surface area contributed by atoms with Crippen LogP contribution in [0.5, 0.6) is 0 Å². The van der Waals surface area contributed by atoms with Crippen LogP contribution in [0.2, 0.25) is 0 Å². The molecular formula is C17H23N3O. The summed E-state index contributed by atoms with van der Waals surface area (Å²) in [6.45, 7) is 8.83. The molecule has 0 aliphatic rings. The Hall–Kier alpha value is -1.94. The number of aromatic nitrogens is 2. The lowest BCUT2D eigenvalue weighted by atomic mass is 9.86. The van der Waals surface area contributed by atoms with Gasteiger partial charge in [-0.05, 0) is 29.5 Å². The first-order valence-electron chi connectivity index (χ1n) is 7.18. The third kappa shape index (κ3) is 4.26. The number of aliphatic hydroxyl groups is 1. The summed E-state index contributed by atoms with van der Waals surface area (Å²) < 4.78 is 0. The molecule has 1 aromatic heterocycles. The van der Waals surface area contributed by atoms with Crippen molar-refractivity contribution in [1.82, 2.24) is 9.97 Å². The van der Waals surface area contributed by atoms with Crippen LogP contribution in [0.4, 0.5) is 5.95 Å². The predicted octanol–water partition coefficient (Wildman–Crippen LogP) is 3.23. The first-order valence-corrected chi connectivity index (χ1v) is 7.18. The van der Waals surface area contributed by atoms with E-state index >= 15 is 0 Å². The van der Waals surface area contributed by atoms with Crippen molar-refractivity contribution in [2.24, 2.45) is 0 Å². The fourth-order valence-corrected chi connectivity index (χ4v) is 2.05. The Labute approximate surface area is 126 Å². The van der Waals surface area contributed by atoms with Gasteiger partial charge in [-0.3, -0.25) is 0 Å². The highest BCUT2D eigenvalue weighted by atomic mass is 16.3. The first-order chi connectivity index (χ1) is 9.86. The molecule has 112 valence electrons. The van der Waals surface area contributed by atoms with Gasteiger partial charge in [-0.1, -0.05) is 45.0 Å². The van der Waals surface area contributed by atoms with E-state index in [0.717, 1.165) is 11.3 Å². The summed E-state index contributed by atoms with van der Waals surface area (Å²) in [4.78, 5) is 8.37. The second kappa shape index (κ2) is 6.22. The largest absolute Gasteiger partial charge is 0.387 e. The monoisotopic (exact) mass is 285 g/mol. The summed E-state index contributed by atoms with van der Waals surface area (Å²) >= 11 is 0. The SMILES string of the molecule is Cc1ccnc(NCC(O)c2ccc(C(C)(C)C)cc2)n1. The van der Waals surface area contributed by atoms with Crippen LogP contribution in [0.3, 0.4) is 0 Å². The highest BCUT2D eigenvalue weighted by molar-refractivity contribution is 5.30. The normalized spacial score (nSPS) is 13.0. The number of nitrogens with one attached hydrogen (secondary N) is 1. The van der Waals surface area contributed by atoms with E-state index in [9.17, 15) is 5.11 Å². The third-order valence-electron chi connectivity index (χ3n) is 3.41. The molecule has 1 unspecified atom stereocenters. The van der Waals surface area contributed by atoms with Gasteiger partial charge >= 0.3 is 0 Å². The van der Waals surface area contributed by atoms with Gasteiger partial charge in [-0.25, -0.2) is 9.97 Å². The van der Waals surface area contributed by atoms with E-state index in [-0.39, 0.29) is 5.41 Å². The number of anilines is 1. The topological polar surface area (TPSA) is 58.0 Å². The fraction of sp³-hybridized carbons (Fsp3) is 0.412. The van der Waals surface area contributed by atoms with Crippen molar-refractivity contribution in [3.8, 4) is 0 Å². The molecule has 0 saturated heterocycles. The predicted molar refractivity (Wildman–Crippen MR) is 85.4 cm³/mol. The summed E-state index contributed by atoms with van der Waals surface area (Å²) in [7, 11) is 0. The van der Waals surface area contributed by atoms with Crippen LogP contribution >= 0.6 is 0 Å². The van der Waals surface area contributed by atoms with Crippen molar-refractivity contribution in [2.45, 2.75) is 39.2 Å². The van der Waals surface area contributed by atoms with E-state index in [4.69, 9.17) is 0 Å². The third-order valence-corrected chi connectivity index (χ3v) is 3.41. The Bertz CT molecular complexity index is 588. The van der Waals surface area contributed by atoms with Crippen molar-refractivity contribution in [3.63, 3.8) is 0 Å². The minimum Gasteiger partial charge on any atom is -0.387 e. The zero-order chi connectivity index (χ0) is 15.5. The van der Waals surface area contributed by atoms with Gasteiger partial charge < -0.3 is 10.4 Å². The van der Waals surface area contributed by atoms with Crippen LogP contribution in [-0.4, -0.2) is 21.6 Å². The number of hydrogen-bond donors (Lipinski definition) is 2. The zero-order valence-electron chi connectivity index (χ0n) is 13.1. The van der Waals surface area contributed by atoms with Gasteiger partial charge in [0.1, 0.15) is 0 Å². The van der Waals surface area contributed by atoms with Gasteiger partial charge in [-0.15, -0.1) is 0 Å². The minimum absolute atomic E-state index is 0.122. The molecule has 1 aromatic carbocycles. The van der Waals surface area contributed by atoms with E-state index in [1.54, 1.807) is 6.20 Å². The fourth-order valence-electron chi connectivity index (χ4n) is 2.05. The molecule has 21 heavy (non-hydrogen) atoms. The standard InChI is InChI=1S/C17H23N3O/c1-12-9-10-18-16(20-12)19-11-15(21)13-5-7-14(8-6-13)17(2,3)4/h5-10,15,21H,11H2,1-4H3,(H,18,19,20). The van der Waals surface area contributed by atoms with Gasteiger partial charge in [0.25, 0.3) is 0 Å². The molecule has 0 aliphatic heterocycles. The smallest absolute Gasteiger partial charge is 0.222 e. The molecule has 0 spiro atoms. The molecule has 0 radical (unpaired) electrons. The quantitative estimate of drug-likeness (QED) is 0.905. The first kappa shape index (κ1) is 15.4. The number of benzene rings is 1. The summed E-state index contributed by atoms with van der Waals surface area (Å²) in [5, 5.41) is 13.3. The number of hydrogen-bond acceptors (Lipinski definition) is 4. The highest BCUT2D eigenvalue weighted by Gasteiger charge is 2.14. The molecule has 1 heterocycles. The molecule has 4 nitrogen and oxygen atoms in total. The lowest BCUT2D eigenvalue weighted by molar-refractivity contribution is 0.191. The summed E-state index contributed by atoms with van der Waals surface area (Å²) in [6, 6.07) is 9.93. The van der Waals surface area contributed by atoms with Gasteiger partial charge in [0.15, 0.2) is 0 Å². The van der Waals surface area contributed by atoms with Crippen molar-refractivity contribution < 1.29 is 5.11 Å². The van der Waals surface area contributed by atoms with Gasteiger partial charge in [0, 0.05) is 18.4 Å². The molecular weight excluding hydrogens is 262 g/mol. The van der Waals surface area contributed by atoms with Crippen LogP contribution in [-0.2, 0) is 5.41 Å². The molecule has 2 rings (SSSR count). The average Bonchev–Trinajstić information content (AvgIpc) is 2.44. The number of rotatable bonds is 4. The van der Waals surface area contributed by atoms with E-state index in [0.29, 0.717) is 12.5 Å². The molecule has 2 aromatic rings. The van der Waals surface area contributed by atoms with Crippen LogP contribution in [0.25, 0.3) is 0 Å². The Balaban J connectivity index is 1.99. The Morgan fingerprint density at radius 2 is 1.81 bits per heavy atom. The van der Waals surface area contributed by atoms with Crippen LogP contribution in [0.1, 0.15) is 43.7 Å². The van der Waals surface area contributed by atoms with Crippen molar-refractivity contribution >= 4 is 5.95 Å². The highest BCUT2D eigenvalue weighted by Crippen LogP contribution is 2.24. The van der Waals surface area contributed by atoms with Crippen molar-refractivity contribution in [1.29, 1.82) is 0 Å². The molecule has 1 atom stereocenters. The molecule has 0 saturated carbocycles. The summed E-state index contributed by atoms with van der Waals surface area (Å²) in [6.07, 6.45) is 1.12. The van der Waals surface area contributed by atoms with Crippen LogP contribution in [0, 0.1) is 6.92 Å². The van der Waals surface area contributed by atoms with Gasteiger partial charge in [0.05, 0.1) is 6.10 Å². The maximum atomic E-state index is 10.2. The molecule has 0 aliphatic carbocycles. The van der Waals surface area contributed by atoms with Gasteiger partial charge in [-0.2, -0.15) is 0 Å². The van der Waals surface area contributed by atoms with Crippen molar-refractivity contribution in [2.75, 3.05) is 11.9 Å². The number of aryl methyl sites for hydroxylation is 1. The molecule has 2 N–H and O–H groups in total. The maximum absolute atomic E-state index is 10.2. The lowest BCUT2D eigenvalue weighted by Crippen LogP contribution is -2.15. The molecule has 0 amide bonds. The van der Waals surface area contributed by atoms with Crippen molar-refractivity contribution in [3.05, 3.63) is 53.3 Å². The summed E-state index contributed by atoms with van der Waals surface area (Å²) in [5.74, 6) is 0.542. The second-order valence-electron chi connectivity index (χ2n) is 6.29. The summed E-state index contributed by atoms with van der Waals surface area (Å²) in [5.41, 5.74) is 3.17. The minimum atomic E-state index is -0.580. The van der Waals surface area contributed by atoms with E-state index in [2.05, 4.69) is 48.2 Å². The average molecular weight is 285 g/mol. The molecule has 0 fully saturated rings. The van der Waals surface area contributed by atoms with E-state index in [1.165, 1.54) is 5.56 Å². The Morgan fingerprint density at radius 3 is 2.38 bits per heavy atom. The van der Waals surface area contributed by atoms with Gasteiger partial charge in [0.2, 0.25) is 5.95 Å². The van der Waals surface area contributed by atoms with E-state index < -0.39 is 6.10 Å². The van der Waals surface area contributed by atoms with E-state index in [1.807, 2.05) is 25.1 Å². The Kier molecular flexibility index (Phi) is 4.58. The maximum Gasteiger partial charge on any atom is 0.222 e. The molecule has 0 bridgehead atoms. The number of nitrogens with zero attached hydrogens (tertiary/aromatic N) is 2. The Morgan fingerprint density at radius 1 is 1.14 bits per heavy atom. The lowest BCUT2D eigenvalue weighted by Gasteiger charge is -2.20. The zero-order valence-corrected chi connectivity index (χ0v) is 13.1. The van der Waals surface area contributed by atoms with Crippen LogP contribution < -0.4 is 5.32 Å². The van der Waals surface area contributed by atoms with Crippen LogP contribution in [0.15, 0.2) is 36.5 Å². The number of aliphatic hydroxyl groups excluding tert-OH is 1.